The molecule has 0 aliphatic heterocycles. The fourth-order valence-corrected chi connectivity index (χ4v) is 1.86. The number of benzene rings is 1. The van der Waals surface area contributed by atoms with Crippen LogP contribution in [0.3, 0.4) is 0 Å². The maximum Gasteiger partial charge on any atom is 0.342 e. The van der Waals surface area contributed by atoms with Crippen LogP contribution in [0.25, 0.3) is 0 Å². The molecular weight excluding hydrogens is 272 g/mol. The van der Waals surface area contributed by atoms with Crippen molar-refractivity contribution in [3.8, 4) is 5.75 Å². The van der Waals surface area contributed by atoms with Crippen LogP contribution >= 0.6 is 0 Å². The molecule has 2 rings (SSSR count). The van der Waals surface area contributed by atoms with Crippen molar-refractivity contribution in [2.45, 2.75) is 19.8 Å². The molecule has 21 heavy (non-hydrogen) atoms. The van der Waals surface area contributed by atoms with Crippen molar-refractivity contribution in [2.75, 3.05) is 25.5 Å². The van der Waals surface area contributed by atoms with Crippen molar-refractivity contribution in [3.05, 3.63) is 23.8 Å². The van der Waals surface area contributed by atoms with E-state index in [1.54, 1.807) is 25.1 Å². The summed E-state index contributed by atoms with van der Waals surface area (Å²) in [7, 11) is 0. The Morgan fingerprint density at radius 1 is 1.38 bits per heavy atom. The molecule has 0 atom stereocenters. The van der Waals surface area contributed by atoms with E-state index in [1.807, 2.05) is 0 Å². The van der Waals surface area contributed by atoms with E-state index in [4.69, 9.17) is 15.2 Å². The molecule has 1 amide bonds. The topological polar surface area (TPSA) is 90.7 Å². The Kier molecular flexibility index (Phi) is 5.03. The Hall–Kier alpha value is -2.24. The monoisotopic (exact) mass is 292 g/mol. The predicted octanol–water partition coefficient (Wildman–Crippen LogP) is 1.35. The molecule has 0 aromatic heterocycles. The SMILES string of the molecule is CCOc1c(N)cccc1C(=O)OCC(=O)NCC1CC1. The van der Waals surface area contributed by atoms with Gasteiger partial charge in [-0.15, -0.1) is 0 Å². The molecule has 0 radical (unpaired) electrons. The van der Waals surface area contributed by atoms with Gasteiger partial charge in [-0.1, -0.05) is 6.07 Å². The maximum atomic E-state index is 12.0. The molecule has 1 saturated carbocycles. The second-order valence-electron chi connectivity index (χ2n) is 4.98. The summed E-state index contributed by atoms with van der Waals surface area (Å²) < 4.78 is 10.4. The van der Waals surface area contributed by atoms with Crippen LogP contribution in [-0.2, 0) is 9.53 Å². The highest BCUT2D eigenvalue weighted by Gasteiger charge is 2.22. The van der Waals surface area contributed by atoms with Gasteiger partial charge in [-0.05, 0) is 37.8 Å². The van der Waals surface area contributed by atoms with Crippen LogP contribution in [0.15, 0.2) is 18.2 Å². The second kappa shape index (κ2) is 6.97. The molecular formula is C15H20N2O4. The number of nitrogen functional groups attached to an aromatic ring is 1. The van der Waals surface area contributed by atoms with E-state index in [0.717, 1.165) is 12.8 Å². The number of hydrogen-bond donors (Lipinski definition) is 2. The van der Waals surface area contributed by atoms with E-state index < -0.39 is 5.97 Å². The summed E-state index contributed by atoms with van der Waals surface area (Å²) in [6.45, 7) is 2.54. The molecule has 0 unspecified atom stereocenters. The van der Waals surface area contributed by atoms with Crippen molar-refractivity contribution in [3.63, 3.8) is 0 Å². The molecule has 1 aromatic rings. The van der Waals surface area contributed by atoms with Crippen molar-refractivity contribution < 1.29 is 19.1 Å². The van der Waals surface area contributed by atoms with Crippen LogP contribution in [0, 0.1) is 5.92 Å². The van der Waals surface area contributed by atoms with E-state index >= 15 is 0 Å². The van der Waals surface area contributed by atoms with Crippen molar-refractivity contribution in [2.24, 2.45) is 5.92 Å². The van der Waals surface area contributed by atoms with E-state index in [2.05, 4.69) is 5.32 Å². The fraction of sp³-hybridized carbons (Fsp3) is 0.467. The van der Waals surface area contributed by atoms with E-state index in [9.17, 15) is 9.59 Å². The number of hydrogen-bond acceptors (Lipinski definition) is 5. The number of esters is 1. The lowest BCUT2D eigenvalue weighted by Gasteiger charge is -2.12. The van der Waals surface area contributed by atoms with Crippen LogP contribution in [0.4, 0.5) is 5.69 Å². The highest BCUT2D eigenvalue weighted by molar-refractivity contribution is 5.95. The average molecular weight is 292 g/mol. The zero-order chi connectivity index (χ0) is 15.2. The molecule has 3 N–H and O–H groups in total. The van der Waals surface area contributed by atoms with Crippen LogP contribution in [0.5, 0.6) is 5.75 Å². The van der Waals surface area contributed by atoms with Crippen molar-refractivity contribution >= 4 is 17.6 Å². The molecule has 6 heteroatoms. The van der Waals surface area contributed by atoms with Gasteiger partial charge in [0.05, 0.1) is 12.3 Å². The molecule has 0 bridgehead atoms. The van der Waals surface area contributed by atoms with Crippen molar-refractivity contribution in [1.82, 2.24) is 5.32 Å². The van der Waals surface area contributed by atoms with Gasteiger partial charge in [0.15, 0.2) is 12.4 Å². The number of amides is 1. The first-order valence-corrected chi connectivity index (χ1v) is 7.07. The van der Waals surface area contributed by atoms with Crippen LogP contribution in [0.1, 0.15) is 30.1 Å². The molecule has 1 aliphatic rings. The smallest absolute Gasteiger partial charge is 0.342 e. The first-order valence-electron chi connectivity index (χ1n) is 7.07. The van der Waals surface area contributed by atoms with Gasteiger partial charge in [0.25, 0.3) is 5.91 Å². The summed E-state index contributed by atoms with van der Waals surface area (Å²) in [5.41, 5.74) is 6.37. The standard InChI is InChI=1S/C15H20N2O4/c1-2-20-14-11(4-3-5-12(14)16)15(19)21-9-13(18)17-8-10-6-7-10/h3-5,10H,2,6-9,16H2,1H3,(H,17,18). The number of anilines is 1. The lowest BCUT2D eigenvalue weighted by Crippen LogP contribution is -2.30. The van der Waals surface area contributed by atoms with E-state index in [1.165, 1.54) is 0 Å². The lowest BCUT2D eigenvalue weighted by molar-refractivity contribution is -0.124. The third-order valence-corrected chi connectivity index (χ3v) is 3.17. The Bertz CT molecular complexity index is 526. The van der Waals surface area contributed by atoms with Crippen LogP contribution < -0.4 is 15.8 Å². The average Bonchev–Trinajstić information content (AvgIpc) is 3.29. The van der Waals surface area contributed by atoms with Crippen molar-refractivity contribution in [1.29, 1.82) is 0 Å². The van der Waals surface area contributed by atoms with Gasteiger partial charge >= 0.3 is 5.97 Å². The Balaban J connectivity index is 1.90. The van der Waals surface area contributed by atoms with E-state index in [-0.39, 0.29) is 18.1 Å². The Labute approximate surface area is 123 Å². The molecule has 0 spiro atoms. The third-order valence-electron chi connectivity index (χ3n) is 3.17. The molecule has 114 valence electrons. The zero-order valence-corrected chi connectivity index (χ0v) is 12.1. The van der Waals surface area contributed by atoms with Gasteiger partial charge in [-0.2, -0.15) is 0 Å². The number of para-hydroxylation sites is 1. The van der Waals surface area contributed by atoms with Gasteiger partial charge in [0, 0.05) is 6.54 Å². The van der Waals surface area contributed by atoms with E-state index in [0.29, 0.717) is 30.5 Å². The fourth-order valence-electron chi connectivity index (χ4n) is 1.86. The normalized spacial score (nSPS) is 13.6. The maximum absolute atomic E-state index is 12.0. The minimum absolute atomic E-state index is 0.229. The van der Waals surface area contributed by atoms with Gasteiger partial charge in [-0.3, -0.25) is 4.79 Å². The number of carbonyl (C=O) groups excluding carboxylic acids is 2. The van der Waals surface area contributed by atoms with Gasteiger partial charge < -0.3 is 20.5 Å². The zero-order valence-electron chi connectivity index (χ0n) is 12.1. The minimum atomic E-state index is -0.618. The number of carbonyl (C=O) groups is 2. The first-order chi connectivity index (χ1) is 10.1. The van der Waals surface area contributed by atoms with Crippen LogP contribution in [-0.4, -0.2) is 31.6 Å². The first kappa shape index (κ1) is 15.2. The number of ether oxygens (including phenoxy) is 2. The predicted molar refractivity (Wildman–Crippen MR) is 78.0 cm³/mol. The summed E-state index contributed by atoms with van der Waals surface area (Å²) >= 11 is 0. The van der Waals surface area contributed by atoms with Gasteiger partial charge in [-0.25, -0.2) is 4.79 Å². The molecule has 0 saturated heterocycles. The summed E-state index contributed by atoms with van der Waals surface area (Å²) in [5, 5.41) is 2.73. The second-order valence-corrected chi connectivity index (χ2v) is 4.98. The molecule has 6 nitrogen and oxygen atoms in total. The summed E-state index contributed by atoms with van der Waals surface area (Å²) in [6.07, 6.45) is 2.31. The number of nitrogens with one attached hydrogen (secondary N) is 1. The molecule has 1 aliphatic carbocycles. The number of rotatable bonds is 7. The summed E-state index contributed by atoms with van der Waals surface area (Å²) in [5.74, 6) is -0.0315. The van der Waals surface area contributed by atoms with Gasteiger partial charge in [0.2, 0.25) is 0 Å². The third kappa shape index (κ3) is 4.37. The quantitative estimate of drug-likeness (QED) is 0.585. The van der Waals surface area contributed by atoms with Gasteiger partial charge in [0.1, 0.15) is 5.56 Å². The van der Waals surface area contributed by atoms with Crippen LogP contribution in [0.2, 0.25) is 0 Å². The summed E-state index contributed by atoms with van der Waals surface area (Å²) in [4.78, 5) is 23.6. The molecule has 1 fully saturated rings. The Morgan fingerprint density at radius 2 is 2.14 bits per heavy atom. The largest absolute Gasteiger partial charge is 0.491 e. The number of nitrogens with two attached hydrogens (primary N) is 1. The molecule has 0 heterocycles. The Morgan fingerprint density at radius 3 is 2.81 bits per heavy atom. The lowest BCUT2D eigenvalue weighted by atomic mass is 10.2. The highest BCUT2D eigenvalue weighted by Crippen LogP contribution is 2.28. The molecule has 1 aromatic carbocycles. The minimum Gasteiger partial charge on any atom is -0.491 e. The summed E-state index contributed by atoms with van der Waals surface area (Å²) in [6, 6.07) is 4.84. The highest BCUT2D eigenvalue weighted by atomic mass is 16.5.